The predicted molar refractivity (Wildman–Crippen MR) is 88.1 cm³/mol. The number of hydrogen-bond acceptors (Lipinski definition) is 5. The third-order valence-electron chi connectivity index (χ3n) is 4.57. The molecule has 23 heavy (non-hydrogen) atoms. The number of halogens is 1. The van der Waals surface area contributed by atoms with Crippen LogP contribution in [0.3, 0.4) is 0 Å². The molecule has 3 rings (SSSR count). The van der Waals surface area contributed by atoms with E-state index in [0.717, 1.165) is 67.6 Å². The summed E-state index contributed by atoms with van der Waals surface area (Å²) in [5.74, 6) is 0.933. The molecule has 0 aromatic carbocycles. The van der Waals surface area contributed by atoms with Crippen molar-refractivity contribution in [2.75, 3.05) is 6.54 Å². The fourth-order valence-corrected chi connectivity index (χ4v) is 3.67. The van der Waals surface area contributed by atoms with Gasteiger partial charge in [-0.2, -0.15) is 5.10 Å². The minimum absolute atomic E-state index is 0.299. The average Bonchev–Trinajstić information content (AvgIpc) is 3.20. The highest BCUT2D eigenvalue weighted by molar-refractivity contribution is 6.30. The molecule has 0 aliphatic carbocycles. The molecule has 126 valence electrons. The van der Waals surface area contributed by atoms with Gasteiger partial charge < -0.3 is 0 Å². The predicted octanol–water partition coefficient (Wildman–Crippen LogP) is 2.51. The molecule has 1 saturated heterocycles. The summed E-state index contributed by atoms with van der Waals surface area (Å²) in [6.07, 6.45) is 4.49. The van der Waals surface area contributed by atoms with Crippen LogP contribution in [0.1, 0.15) is 55.7 Å². The monoisotopic (exact) mass is 337 g/mol. The lowest BCUT2D eigenvalue weighted by atomic mass is 10.1. The Morgan fingerprint density at radius 1 is 1.35 bits per heavy atom. The Bertz CT molecular complexity index is 663. The van der Waals surface area contributed by atoms with Gasteiger partial charge in [0, 0.05) is 25.2 Å². The molecule has 8 heteroatoms. The highest BCUT2D eigenvalue weighted by Crippen LogP contribution is 2.38. The van der Waals surface area contributed by atoms with Gasteiger partial charge in [0.15, 0.2) is 5.82 Å². The number of unbranched alkanes of at least 4 members (excludes halogenated alkanes) is 1. The van der Waals surface area contributed by atoms with Crippen LogP contribution < -0.4 is 0 Å². The Balaban J connectivity index is 1.79. The summed E-state index contributed by atoms with van der Waals surface area (Å²) in [6.45, 7) is 6.88. The van der Waals surface area contributed by atoms with Crippen molar-refractivity contribution in [1.82, 2.24) is 34.9 Å². The second kappa shape index (κ2) is 6.97. The first kappa shape index (κ1) is 16.4. The summed E-state index contributed by atoms with van der Waals surface area (Å²) < 4.78 is 3.69. The lowest BCUT2D eigenvalue weighted by Crippen LogP contribution is -2.25. The minimum atomic E-state index is 0.299. The second-order valence-electron chi connectivity index (χ2n) is 6.21. The molecule has 0 radical (unpaired) electrons. The fourth-order valence-electron chi connectivity index (χ4n) is 3.37. The highest BCUT2D eigenvalue weighted by Gasteiger charge is 2.32. The van der Waals surface area contributed by atoms with Crippen LogP contribution in [0.5, 0.6) is 0 Å². The molecule has 1 aliphatic rings. The highest BCUT2D eigenvalue weighted by atomic mass is 35.5. The summed E-state index contributed by atoms with van der Waals surface area (Å²) in [5.41, 5.74) is 2.17. The molecule has 2 aromatic rings. The number of nitrogens with zero attached hydrogens (tertiary/aromatic N) is 7. The van der Waals surface area contributed by atoms with Crippen LogP contribution in [0.25, 0.3) is 0 Å². The van der Waals surface area contributed by atoms with Crippen LogP contribution in [0.15, 0.2) is 0 Å². The Labute approximate surface area is 141 Å². The quantitative estimate of drug-likeness (QED) is 0.810. The van der Waals surface area contributed by atoms with E-state index in [1.807, 2.05) is 18.7 Å². The van der Waals surface area contributed by atoms with Crippen LogP contribution in [-0.4, -0.2) is 41.4 Å². The van der Waals surface area contributed by atoms with Crippen molar-refractivity contribution in [3.63, 3.8) is 0 Å². The van der Waals surface area contributed by atoms with E-state index in [4.69, 9.17) is 11.6 Å². The second-order valence-corrected chi connectivity index (χ2v) is 6.57. The standard InChI is InChI=1S/C15H24ClN7/c1-4-5-9-23-13(17-19-20-23)10-22-8-6-7-12(22)14-11(2)18-21(3)15(14)16/h12H,4-10H2,1-3H3/t12-/m1/s1. The molecule has 1 aliphatic heterocycles. The SMILES string of the molecule is CCCCn1nnnc1CN1CCC[C@@H]1c1c(C)nn(C)c1Cl. The summed E-state index contributed by atoms with van der Waals surface area (Å²) in [7, 11) is 1.89. The van der Waals surface area contributed by atoms with Gasteiger partial charge in [0.05, 0.1) is 12.2 Å². The van der Waals surface area contributed by atoms with E-state index in [1.54, 1.807) is 4.68 Å². The molecule has 2 aromatic heterocycles. The Morgan fingerprint density at radius 3 is 2.87 bits per heavy atom. The number of tetrazole rings is 1. The smallest absolute Gasteiger partial charge is 0.165 e. The summed E-state index contributed by atoms with van der Waals surface area (Å²) in [4.78, 5) is 2.42. The number of aryl methyl sites for hydroxylation is 3. The molecule has 0 amide bonds. The molecule has 1 atom stereocenters. The number of hydrogen-bond donors (Lipinski definition) is 0. The Morgan fingerprint density at radius 2 is 2.17 bits per heavy atom. The fraction of sp³-hybridized carbons (Fsp3) is 0.733. The maximum absolute atomic E-state index is 6.47. The summed E-state index contributed by atoms with van der Waals surface area (Å²) >= 11 is 6.47. The first-order valence-corrected chi connectivity index (χ1v) is 8.67. The molecule has 0 saturated carbocycles. The van der Waals surface area contributed by atoms with Crippen molar-refractivity contribution in [2.45, 2.75) is 58.7 Å². The van der Waals surface area contributed by atoms with Crippen molar-refractivity contribution in [2.24, 2.45) is 7.05 Å². The molecule has 3 heterocycles. The van der Waals surface area contributed by atoms with Crippen LogP contribution in [0.4, 0.5) is 0 Å². The van der Waals surface area contributed by atoms with Crippen LogP contribution in [0.2, 0.25) is 5.15 Å². The van der Waals surface area contributed by atoms with Crippen molar-refractivity contribution in [3.05, 3.63) is 22.2 Å². The number of rotatable bonds is 6. The van der Waals surface area contributed by atoms with E-state index in [1.165, 1.54) is 0 Å². The van der Waals surface area contributed by atoms with Gasteiger partial charge in [-0.05, 0) is 43.2 Å². The van der Waals surface area contributed by atoms with Gasteiger partial charge in [0.1, 0.15) is 5.15 Å². The van der Waals surface area contributed by atoms with Gasteiger partial charge in [-0.3, -0.25) is 9.58 Å². The molecule has 7 nitrogen and oxygen atoms in total. The van der Waals surface area contributed by atoms with E-state index in [9.17, 15) is 0 Å². The van der Waals surface area contributed by atoms with Crippen LogP contribution in [0, 0.1) is 6.92 Å². The number of aromatic nitrogens is 6. The lowest BCUT2D eigenvalue weighted by Gasteiger charge is -2.24. The van der Waals surface area contributed by atoms with Gasteiger partial charge in [-0.25, -0.2) is 4.68 Å². The van der Waals surface area contributed by atoms with Crippen molar-refractivity contribution in [1.29, 1.82) is 0 Å². The van der Waals surface area contributed by atoms with Gasteiger partial charge in [-0.15, -0.1) is 5.10 Å². The normalized spacial score (nSPS) is 18.9. The Kier molecular flexibility index (Phi) is 4.96. The Hall–Kier alpha value is -1.47. The van der Waals surface area contributed by atoms with E-state index in [0.29, 0.717) is 6.04 Å². The molecule has 0 spiro atoms. The molecule has 0 N–H and O–H groups in total. The summed E-state index contributed by atoms with van der Waals surface area (Å²) in [5, 5.41) is 17.4. The largest absolute Gasteiger partial charge is 0.289 e. The van der Waals surface area contributed by atoms with Gasteiger partial charge in [0.2, 0.25) is 0 Å². The molecular formula is C15H24ClN7. The van der Waals surface area contributed by atoms with Gasteiger partial charge in [0.25, 0.3) is 0 Å². The third kappa shape index (κ3) is 3.26. The molecular weight excluding hydrogens is 314 g/mol. The molecule has 0 unspecified atom stereocenters. The van der Waals surface area contributed by atoms with E-state index in [2.05, 4.69) is 32.4 Å². The van der Waals surface area contributed by atoms with Gasteiger partial charge in [-0.1, -0.05) is 24.9 Å². The van der Waals surface area contributed by atoms with E-state index in [-0.39, 0.29) is 0 Å². The minimum Gasteiger partial charge on any atom is -0.289 e. The number of likely N-dealkylation sites (tertiary alicyclic amines) is 1. The topological polar surface area (TPSA) is 64.7 Å². The first-order chi connectivity index (χ1) is 11.1. The van der Waals surface area contributed by atoms with Gasteiger partial charge >= 0.3 is 0 Å². The summed E-state index contributed by atoms with van der Waals surface area (Å²) in [6, 6.07) is 0.299. The third-order valence-corrected chi connectivity index (χ3v) is 5.02. The van der Waals surface area contributed by atoms with Crippen molar-refractivity contribution >= 4 is 11.6 Å². The first-order valence-electron chi connectivity index (χ1n) is 8.30. The lowest BCUT2D eigenvalue weighted by molar-refractivity contribution is 0.236. The molecule has 0 bridgehead atoms. The molecule has 1 fully saturated rings. The van der Waals surface area contributed by atoms with Crippen molar-refractivity contribution in [3.8, 4) is 0 Å². The van der Waals surface area contributed by atoms with Crippen LogP contribution >= 0.6 is 11.6 Å². The van der Waals surface area contributed by atoms with Crippen molar-refractivity contribution < 1.29 is 0 Å². The maximum atomic E-state index is 6.47. The van der Waals surface area contributed by atoms with E-state index >= 15 is 0 Å². The van der Waals surface area contributed by atoms with Crippen LogP contribution in [-0.2, 0) is 20.1 Å². The zero-order chi connectivity index (χ0) is 16.4. The zero-order valence-electron chi connectivity index (χ0n) is 14.0. The maximum Gasteiger partial charge on any atom is 0.165 e. The zero-order valence-corrected chi connectivity index (χ0v) is 14.8. The van der Waals surface area contributed by atoms with E-state index < -0.39 is 0 Å². The average molecular weight is 338 g/mol.